The van der Waals surface area contributed by atoms with Gasteiger partial charge < -0.3 is 14.4 Å². The second-order valence-corrected chi connectivity index (χ2v) is 9.12. The molecule has 1 saturated heterocycles. The van der Waals surface area contributed by atoms with Crippen molar-refractivity contribution in [3.8, 4) is 0 Å². The molecule has 182 valence electrons. The zero-order valence-corrected chi connectivity index (χ0v) is 20.3. The molecule has 35 heavy (non-hydrogen) atoms. The maximum absolute atomic E-state index is 12.6. The Balaban J connectivity index is 1.26. The highest BCUT2D eigenvalue weighted by atomic mass is 16.5. The summed E-state index contributed by atoms with van der Waals surface area (Å²) in [5.74, 6) is -0.656. The third kappa shape index (κ3) is 5.21. The van der Waals surface area contributed by atoms with Gasteiger partial charge in [0.25, 0.3) is 0 Å². The van der Waals surface area contributed by atoms with Gasteiger partial charge in [-0.2, -0.15) is 0 Å². The van der Waals surface area contributed by atoms with E-state index in [4.69, 9.17) is 9.47 Å². The van der Waals surface area contributed by atoms with E-state index >= 15 is 0 Å². The van der Waals surface area contributed by atoms with E-state index in [1.807, 2.05) is 37.4 Å². The molecule has 2 aliphatic carbocycles. The van der Waals surface area contributed by atoms with Crippen molar-refractivity contribution < 1.29 is 23.9 Å². The summed E-state index contributed by atoms with van der Waals surface area (Å²) in [7, 11) is 1.83. The Hall–Kier alpha value is -3.67. The molecule has 6 heteroatoms. The number of hydrogen-bond acceptors (Lipinski definition) is 5. The summed E-state index contributed by atoms with van der Waals surface area (Å²) in [5, 5.41) is 0. The highest BCUT2D eigenvalue weighted by Crippen LogP contribution is 2.48. The number of esters is 2. The number of ether oxygens (including phenoxy) is 2. The number of likely N-dealkylation sites (tertiary alicyclic amines) is 1. The van der Waals surface area contributed by atoms with Gasteiger partial charge in [-0.15, -0.1) is 0 Å². The van der Waals surface area contributed by atoms with Gasteiger partial charge in [-0.05, 0) is 67.5 Å². The molecule has 1 amide bonds. The van der Waals surface area contributed by atoms with Gasteiger partial charge in [0, 0.05) is 24.2 Å². The van der Waals surface area contributed by atoms with Crippen LogP contribution in [-0.4, -0.2) is 43.0 Å². The van der Waals surface area contributed by atoms with Gasteiger partial charge in [-0.25, -0.2) is 9.59 Å². The first-order valence-corrected chi connectivity index (χ1v) is 12.1. The summed E-state index contributed by atoms with van der Waals surface area (Å²) in [6.45, 7) is 5.91. The molecule has 0 bridgehead atoms. The first-order chi connectivity index (χ1) is 16.9. The van der Waals surface area contributed by atoms with E-state index < -0.39 is 0 Å². The van der Waals surface area contributed by atoms with Crippen LogP contribution in [0.5, 0.6) is 0 Å². The fraction of sp³-hybridized carbons (Fsp3) is 0.345. The Morgan fingerprint density at radius 1 is 0.971 bits per heavy atom. The summed E-state index contributed by atoms with van der Waals surface area (Å²) in [4.78, 5) is 38.1. The molecule has 0 saturated carbocycles. The third-order valence-corrected chi connectivity index (χ3v) is 6.63. The molecule has 1 heterocycles. The first kappa shape index (κ1) is 24.5. The number of rotatable bonds is 10. The number of unbranched alkanes of at least 4 members (excludes halogenated alkanes) is 3. The monoisotopic (exact) mass is 473 g/mol. The summed E-state index contributed by atoms with van der Waals surface area (Å²) in [6, 6.07) is 7.44. The van der Waals surface area contributed by atoms with E-state index in [0.717, 1.165) is 48.1 Å². The van der Waals surface area contributed by atoms with Crippen LogP contribution in [0.3, 0.4) is 0 Å². The van der Waals surface area contributed by atoms with Crippen molar-refractivity contribution in [2.24, 2.45) is 11.8 Å². The van der Waals surface area contributed by atoms with E-state index in [0.29, 0.717) is 24.4 Å². The maximum Gasteiger partial charge on any atom is 0.338 e. The molecule has 0 spiro atoms. The number of nitrogens with zero attached hydrogens (tertiary/aromatic N) is 1. The Kier molecular flexibility index (Phi) is 7.49. The van der Waals surface area contributed by atoms with E-state index in [1.54, 1.807) is 24.0 Å². The van der Waals surface area contributed by atoms with Crippen LogP contribution in [0.4, 0.5) is 0 Å². The molecule has 2 unspecified atom stereocenters. The number of benzene rings is 1. The van der Waals surface area contributed by atoms with Crippen molar-refractivity contribution in [3.05, 3.63) is 89.2 Å². The smallest absolute Gasteiger partial charge is 0.338 e. The summed E-state index contributed by atoms with van der Waals surface area (Å²) in [5.41, 5.74) is 5.17. The van der Waals surface area contributed by atoms with Gasteiger partial charge in [0.2, 0.25) is 5.91 Å². The lowest BCUT2D eigenvalue weighted by Gasteiger charge is -2.28. The van der Waals surface area contributed by atoms with Crippen LogP contribution in [0.15, 0.2) is 78.1 Å². The summed E-state index contributed by atoms with van der Waals surface area (Å²) >= 11 is 0. The zero-order valence-electron chi connectivity index (χ0n) is 20.3. The minimum absolute atomic E-state index is 0.0558. The highest BCUT2D eigenvalue weighted by Gasteiger charge is 2.45. The lowest BCUT2D eigenvalue weighted by Crippen LogP contribution is -2.21. The number of allylic oxidation sites excluding steroid dienone is 6. The molecule has 3 aliphatic rings. The second kappa shape index (κ2) is 10.7. The normalized spacial score (nSPS) is 20.0. The average molecular weight is 474 g/mol. The van der Waals surface area contributed by atoms with Crippen LogP contribution in [0.25, 0.3) is 5.57 Å². The third-order valence-electron chi connectivity index (χ3n) is 6.63. The Labute approximate surface area is 206 Å². The minimum atomic E-state index is -0.358. The van der Waals surface area contributed by atoms with Crippen LogP contribution >= 0.6 is 0 Å². The predicted octanol–water partition coefficient (Wildman–Crippen LogP) is 5.00. The van der Waals surface area contributed by atoms with Gasteiger partial charge in [-0.1, -0.05) is 43.0 Å². The van der Waals surface area contributed by atoms with Crippen molar-refractivity contribution in [2.75, 3.05) is 20.3 Å². The average Bonchev–Trinajstić information content (AvgIpc) is 3.12. The molecular weight excluding hydrogens is 442 g/mol. The Morgan fingerprint density at radius 2 is 1.66 bits per heavy atom. The predicted molar refractivity (Wildman–Crippen MR) is 134 cm³/mol. The molecule has 2 atom stereocenters. The number of carbonyl (C=O) groups excluding carboxylic acids is 3. The quantitative estimate of drug-likeness (QED) is 0.272. The van der Waals surface area contributed by atoms with E-state index in [1.165, 1.54) is 0 Å². The number of amides is 1. The van der Waals surface area contributed by atoms with Crippen molar-refractivity contribution in [1.29, 1.82) is 0 Å². The Morgan fingerprint density at radius 3 is 2.34 bits per heavy atom. The van der Waals surface area contributed by atoms with E-state index in [2.05, 4.69) is 18.7 Å². The van der Waals surface area contributed by atoms with Gasteiger partial charge in [0.1, 0.15) is 0 Å². The number of hydrogen-bond donors (Lipinski definition) is 0. The van der Waals surface area contributed by atoms with Gasteiger partial charge in [-0.3, -0.25) is 4.79 Å². The molecule has 1 aromatic rings. The summed E-state index contributed by atoms with van der Waals surface area (Å²) < 4.78 is 10.5. The van der Waals surface area contributed by atoms with Crippen molar-refractivity contribution in [3.63, 3.8) is 0 Å². The van der Waals surface area contributed by atoms with Crippen LogP contribution in [0.1, 0.15) is 48.5 Å². The molecule has 0 N–H and O–H groups in total. The van der Waals surface area contributed by atoms with Gasteiger partial charge in [0.15, 0.2) is 0 Å². The van der Waals surface area contributed by atoms with Gasteiger partial charge >= 0.3 is 11.9 Å². The molecule has 6 nitrogen and oxygen atoms in total. The first-order valence-electron chi connectivity index (χ1n) is 12.1. The maximum atomic E-state index is 12.6. The second-order valence-electron chi connectivity index (χ2n) is 9.12. The zero-order chi connectivity index (χ0) is 24.9. The van der Waals surface area contributed by atoms with Crippen LogP contribution in [-0.2, 0) is 19.1 Å². The molecule has 1 fully saturated rings. The minimum Gasteiger partial charge on any atom is -0.462 e. The van der Waals surface area contributed by atoms with Crippen molar-refractivity contribution >= 4 is 23.4 Å². The van der Waals surface area contributed by atoms with Crippen LogP contribution in [0, 0.1) is 11.8 Å². The lowest BCUT2D eigenvalue weighted by molar-refractivity contribution is -0.139. The largest absolute Gasteiger partial charge is 0.462 e. The standard InChI is InChI=1S/C29H31NO5/c1-19(2)28(32)34-17-6-4-5-7-18-35-29(33)21-13-11-20(12-14-21)22-15-16-25-26-23(22)9-8-10-24(26)27(31)30(25)3/h8-16,24,26H,1,4-7,17-18H2,2-3H3. The molecular formula is C29H31NO5. The van der Waals surface area contributed by atoms with E-state index in [9.17, 15) is 14.4 Å². The highest BCUT2D eigenvalue weighted by molar-refractivity contribution is 5.94. The number of carbonyl (C=O) groups is 3. The fourth-order valence-electron chi connectivity index (χ4n) is 4.70. The van der Waals surface area contributed by atoms with Crippen molar-refractivity contribution in [2.45, 2.75) is 32.6 Å². The topological polar surface area (TPSA) is 72.9 Å². The SMILES string of the molecule is C=C(C)C(=O)OCCCCCCOC(=O)c1ccc(C2=CC=C3C4C2=CC=CC4C(=O)N3C)cc1. The molecule has 4 rings (SSSR count). The van der Waals surface area contributed by atoms with Crippen molar-refractivity contribution in [1.82, 2.24) is 4.90 Å². The summed E-state index contributed by atoms with van der Waals surface area (Å²) in [6.07, 6.45) is 13.4. The van der Waals surface area contributed by atoms with Gasteiger partial charge in [0.05, 0.1) is 24.7 Å². The van der Waals surface area contributed by atoms with Crippen LogP contribution in [0.2, 0.25) is 0 Å². The molecule has 0 radical (unpaired) electrons. The fourth-order valence-corrected chi connectivity index (χ4v) is 4.70. The van der Waals surface area contributed by atoms with Crippen LogP contribution < -0.4 is 0 Å². The lowest BCUT2D eigenvalue weighted by atomic mass is 9.75. The van der Waals surface area contributed by atoms with E-state index in [-0.39, 0.29) is 29.7 Å². The molecule has 1 aromatic carbocycles. The Bertz CT molecular complexity index is 1150. The molecule has 0 aromatic heterocycles. The molecule has 1 aliphatic heterocycles.